The van der Waals surface area contributed by atoms with Gasteiger partial charge in [-0.3, -0.25) is 0 Å². The highest BCUT2D eigenvalue weighted by molar-refractivity contribution is 5.54. The second kappa shape index (κ2) is 6.27. The number of hydrogen-bond acceptors (Lipinski definition) is 3. The summed E-state index contributed by atoms with van der Waals surface area (Å²) in [7, 11) is 1.66. The number of fused-ring (bicyclic) bond motifs is 2. The highest BCUT2D eigenvalue weighted by Gasteiger charge is 2.41. The highest BCUT2D eigenvalue weighted by atomic mass is 16.5. The average Bonchev–Trinajstić information content (AvgIpc) is 3.10. The summed E-state index contributed by atoms with van der Waals surface area (Å²) in [6.07, 6.45) is 6.93. The van der Waals surface area contributed by atoms with Crippen molar-refractivity contribution in [3.05, 3.63) is 23.8 Å². The Balaban J connectivity index is 1.46. The molecule has 3 rings (SSSR count). The van der Waals surface area contributed by atoms with Crippen LogP contribution in [-0.4, -0.2) is 19.7 Å². The van der Waals surface area contributed by atoms with Crippen LogP contribution in [0.5, 0.6) is 5.75 Å². The minimum absolute atomic E-state index is 0.649. The van der Waals surface area contributed by atoms with Crippen molar-refractivity contribution in [1.29, 1.82) is 0 Å². The number of ether oxygens (including phenoxy) is 1. The van der Waals surface area contributed by atoms with Gasteiger partial charge >= 0.3 is 0 Å². The Morgan fingerprint density at radius 2 is 2.19 bits per heavy atom. The Bertz CT molecular complexity index is 488. The maximum Gasteiger partial charge on any atom is 0.141 e. The van der Waals surface area contributed by atoms with E-state index in [0.717, 1.165) is 42.2 Å². The molecule has 0 aromatic heterocycles. The van der Waals surface area contributed by atoms with Crippen LogP contribution in [0, 0.1) is 17.8 Å². The molecule has 2 bridgehead atoms. The summed E-state index contributed by atoms with van der Waals surface area (Å²) in [5.74, 6) is 3.70. The molecule has 0 heterocycles. The number of benzene rings is 1. The van der Waals surface area contributed by atoms with Gasteiger partial charge < -0.3 is 15.8 Å². The van der Waals surface area contributed by atoms with Crippen molar-refractivity contribution >= 4 is 5.69 Å². The van der Waals surface area contributed by atoms with E-state index in [9.17, 15) is 0 Å². The van der Waals surface area contributed by atoms with Gasteiger partial charge in [-0.05, 0) is 74.6 Å². The van der Waals surface area contributed by atoms with Crippen LogP contribution in [0.1, 0.15) is 38.2 Å². The molecule has 1 aromatic rings. The molecule has 3 heteroatoms. The van der Waals surface area contributed by atoms with Crippen molar-refractivity contribution in [3.63, 3.8) is 0 Å². The lowest BCUT2D eigenvalue weighted by Crippen LogP contribution is -2.37. The standard InChI is InChI=1S/C18H28N2O/c1-12(16-10-14-3-5-15(16)9-14)20-8-7-13-4-6-18(21-2)17(19)11-13/h4,6,11-12,14-16,20H,3,5,7-10,19H2,1-2H3. The third kappa shape index (κ3) is 3.18. The van der Waals surface area contributed by atoms with Gasteiger partial charge in [0.25, 0.3) is 0 Å². The van der Waals surface area contributed by atoms with Crippen LogP contribution in [0.4, 0.5) is 5.69 Å². The molecule has 4 atom stereocenters. The predicted octanol–water partition coefficient (Wildman–Crippen LogP) is 3.23. The lowest BCUT2D eigenvalue weighted by atomic mass is 9.84. The molecule has 2 aliphatic carbocycles. The summed E-state index contributed by atoms with van der Waals surface area (Å²) in [6, 6.07) is 6.75. The molecule has 116 valence electrons. The topological polar surface area (TPSA) is 47.3 Å². The lowest BCUT2D eigenvalue weighted by molar-refractivity contribution is 0.261. The zero-order valence-electron chi connectivity index (χ0n) is 13.3. The summed E-state index contributed by atoms with van der Waals surface area (Å²) in [5, 5.41) is 3.73. The normalized spacial score (nSPS) is 28.8. The van der Waals surface area contributed by atoms with Crippen molar-refractivity contribution in [1.82, 2.24) is 5.32 Å². The van der Waals surface area contributed by atoms with E-state index in [1.54, 1.807) is 7.11 Å². The Labute approximate surface area is 128 Å². The van der Waals surface area contributed by atoms with Crippen molar-refractivity contribution in [3.8, 4) is 5.75 Å². The number of anilines is 1. The van der Waals surface area contributed by atoms with E-state index in [0.29, 0.717) is 6.04 Å². The largest absolute Gasteiger partial charge is 0.495 e. The maximum atomic E-state index is 5.96. The first-order valence-electron chi connectivity index (χ1n) is 8.33. The monoisotopic (exact) mass is 288 g/mol. The van der Waals surface area contributed by atoms with Crippen molar-refractivity contribution in [2.75, 3.05) is 19.4 Å². The maximum absolute atomic E-state index is 5.96. The molecule has 21 heavy (non-hydrogen) atoms. The summed E-state index contributed by atoms with van der Waals surface area (Å²) in [6.45, 7) is 3.40. The van der Waals surface area contributed by atoms with Gasteiger partial charge in [-0.25, -0.2) is 0 Å². The summed E-state index contributed by atoms with van der Waals surface area (Å²) < 4.78 is 5.20. The van der Waals surface area contributed by atoms with Gasteiger partial charge in [-0.2, -0.15) is 0 Å². The second-order valence-corrected chi connectivity index (χ2v) is 6.91. The van der Waals surface area contributed by atoms with Crippen LogP contribution in [0.2, 0.25) is 0 Å². The van der Waals surface area contributed by atoms with Gasteiger partial charge in [0.1, 0.15) is 5.75 Å². The fourth-order valence-electron chi connectivity index (χ4n) is 4.44. The summed E-state index contributed by atoms with van der Waals surface area (Å²) in [4.78, 5) is 0. The van der Waals surface area contributed by atoms with E-state index in [4.69, 9.17) is 10.5 Å². The van der Waals surface area contributed by atoms with E-state index in [-0.39, 0.29) is 0 Å². The zero-order valence-corrected chi connectivity index (χ0v) is 13.3. The fraction of sp³-hybridized carbons (Fsp3) is 0.667. The molecule has 2 saturated carbocycles. The van der Waals surface area contributed by atoms with Gasteiger partial charge in [0, 0.05) is 6.04 Å². The van der Waals surface area contributed by atoms with Gasteiger partial charge in [0.05, 0.1) is 12.8 Å². The van der Waals surface area contributed by atoms with Gasteiger partial charge in [-0.15, -0.1) is 0 Å². The molecule has 0 amide bonds. The van der Waals surface area contributed by atoms with Crippen LogP contribution < -0.4 is 15.8 Å². The molecular weight excluding hydrogens is 260 g/mol. The van der Waals surface area contributed by atoms with Crippen molar-refractivity contribution in [2.45, 2.75) is 45.1 Å². The van der Waals surface area contributed by atoms with E-state index in [1.165, 1.54) is 31.2 Å². The molecular formula is C18H28N2O. The Morgan fingerprint density at radius 3 is 2.81 bits per heavy atom. The number of rotatable bonds is 6. The lowest BCUT2D eigenvalue weighted by Gasteiger charge is -2.28. The molecule has 4 unspecified atom stereocenters. The highest BCUT2D eigenvalue weighted by Crippen LogP contribution is 2.49. The number of hydrogen-bond donors (Lipinski definition) is 2. The predicted molar refractivity (Wildman–Crippen MR) is 87.5 cm³/mol. The van der Waals surface area contributed by atoms with Crippen LogP contribution in [-0.2, 0) is 6.42 Å². The zero-order chi connectivity index (χ0) is 14.8. The molecule has 1 aromatic carbocycles. The Hall–Kier alpha value is -1.22. The molecule has 0 saturated heterocycles. The molecule has 0 radical (unpaired) electrons. The third-order valence-corrected chi connectivity index (χ3v) is 5.61. The number of methoxy groups -OCH3 is 1. The van der Waals surface area contributed by atoms with Gasteiger partial charge in [-0.1, -0.05) is 12.5 Å². The smallest absolute Gasteiger partial charge is 0.141 e. The van der Waals surface area contributed by atoms with Gasteiger partial charge in [0.2, 0.25) is 0 Å². The average molecular weight is 288 g/mol. The van der Waals surface area contributed by atoms with Crippen molar-refractivity contribution < 1.29 is 4.74 Å². The minimum atomic E-state index is 0.649. The first-order valence-corrected chi connectivity index (χ1v) is 8.33. The minimum Gasteiger partial charge on any atom is -0.495 e. The summed E-state index contributed by atoms with van der Waals surface area (Å²) >= 11 is 0. The number of nitrogen functional groups attached to an aromatic ring is 1. The fourth-order valence-corrected chi connectivity index (χ4v) is 4.44. The molecule has 0 spiro atoms. The van der Waals surface area contributed by atoms with E-state index in [1.807, 2.05) is 12.1 Å². The quantitative estimate of drug-likeness (QED) is 0.790. The molecule has 3 nitrogen and oxygen atoms in total. The molecule has 0 aliphatic heterocycles. The van der Waals surface area contributed by atoms with E-state index in [2.05, 4.69) is 18.3 Å². The van der Waals surface area contributed by atoms with E-state index >= 15 is 0 Å². The molecule has 2 aliphatic rings. The van der Waals surface area contributed by atoms with E-state index < -0.39 is 0 Å². The summed E-state index contributed by atoms with van der Waals surface area (Å²) in [5.41, 5.74) is 7.97. The number of nitrogens with one attached hydrogen (secondary N) is 1. The first kappa shape index (κ1) is 14.7. The van der Waals surface area contributed by atoms with Crippen molar-refractivity contribution in [2.24, 2.45) is 17.8 Å². The number of nitrogens with two attached hydrogens (primary N) is 1. The van der Waals surface area contributed by atoms with Gasteiger partial charge in [0.15, 0.2) is 0 Å². The third-order valence-electron chi connectivity index (χ3n) is 5.61. The van der Waals surface area contributed by atoms with Crippen LogP contribution in [0.3, 0.4) is 0 Å². The Morgan fingerprint density at radius 1 is 1.33 bits per heavy atom. The van der Waals surface area contributed by atoms with Crippen LogP contribution >= 0.6 is 0 Å². The van der Waals surface area contributed by atoms with Crippen LogP contribution in [0.15, 0.2) is 18.2 Å². The molecule has 2 fully saturated rings. The molecule has 3 N–H and O–H groups in total. The Kier molecular flexibility index (Phi) is 4.39. The van der Waals surface area contributed by atoms with Crippen LogP contribution in [0.25, 0.3) is 0 Å². The first-order chi connectivity index (χ1) is 10.2. The second-order valence-electron chi connectivity index (χ2n) is 6.91. The SMILES string of the molecule is COc1ccc(CCNC(C)C2CC3CCC2C3)cc1N.